The van der Waals surface area contributed by atoms with E-state index in [0.717, 1.165) is 31.7 Å². The summed E-state index contributed by atoms with van der Waals surface area (Å²) >= 11 is 12.2. The van der Waals surface area contributed by atoms with Gasteiger partial charge >= 0.3 is 0 Å². The second-order valence-corrected chi connectivity index (χ2v) is 5.17. The van der Waals surface area contributed by atoms with Crippen molar-refractivity contribution in [2.24, 2.45) is 0 Å². The first-order valence-electron chi connectivity index (χ1n) is 5.99. The van der Waals surface area contributed by atoms with E-state index in [2.05, 4.69) is 16.3 Å². The Morgan fingerprint density at radius 1 is 1.25 bits per heavy atom. The van der Waals surface area contributed by atoms with Gasteiger partial charge in [-0.1, -0.05) is 29.3 Å². The molecule has 0 spiro atoms. The minimum atomic E-state index is 0. The van der Waals surface area contributed by atoms with Crippen LogP contribution < -0.4 is 5.32 Å². The molecule has 1 aliphatic heterocycles. The summed E-state index contributed by atoms with van der Waals surface area (Å²) in [6, 6.07) is 7.80. The normalized spacial score (nSPS) is 16.4. The van der Waals surface area contributed by atoms with Crippen LogP contribution in [-0.2, 0) is 0 Å². The van der Waals surface area contributed by atoms with E-state index < -0.39 is 0 Å². The SMILES string of the molecule is Cl.Cl.N#CC[C@H](c1ccc(Cl)cc1Cl)N1CCNCC1. The minimum absolute atomic E-state index is 0. The Labute approximate surface area is 142 Å². The van der Waals surface area contributed by atoms with E-state index in [1.54, 1.807) is 6.07 Å². The molecule has 1 aromatic rings. The predicted molar refractivity (Wildman–Crippen MR) is 88.4 cm³/mol. The zero-order chi connectivity index (χ0) is 13.0. The highest BCUT2D eigenvalue weighted by molar-refractivity contribution is 6.35. The number of piperazine rings is 1. The second-order valence-electron chi connectivity index (χ2n) is 4.33. The Morgan fingerprint density at radius 2 is 1.90 bits per heavy atom. The molecule has 0 saturated carbocycles. The van der Waals surface area contributed by atoms with Crippen molar-refractivity contribution < 1.29 is 0 Å². The van der Waals surface area contributed by atoms with E-state index >= 15 is 0 Å². The van der Waals surface area contributed by atoms with Gasteiger partial charge in [-0.2, -0.15) is 5.26 Å². The van der Waals surface area contributed by atoms with Crippen LogP contribution in [0.5, 0.6) is 0 Å². The Balaban J connectivity index is 0.00000180. The molecule has 2 rings (SSSR count). The minimum Gasteiger partial charge on any atom is -0.314 e. The number of benzene rings is 1. The van der Waals surface area contributed by atoms with Crippen molar-refractivity contribution in [2.45, 2.75) is 12.5 Å². The van der Waals surface area contributed by atoms with Gasteiger partial charge in [0.05, 0.1) is 12.5 Å². The van der Waals surface area contributed by atoms with Gasteiger partial charge < -0.3 is 5.32 Å². The molecular formula is C13H17Cl4N3. The Morgan fingerprint density at radius 3 is 2.45 bits per heavy atom. The zero-order valence-electron chi connectivity index (χ0n) is 10.8. The number of hydrogen-bond acceptors (Lipinski definition) is 3. The third kappa shape index (κ3) is 4.96. The first-order chi connectivity index (χ1) is 8.72. The zero-order valence-corrected chi connectivity index (χ0v) is 14.0. The lowest BCUT2D eigenvalue weighted by Gasteiger charge is -2.34. The molecule has 0 aromatic heterocycles. The van der Waals surface area contributed by atoms with Gasteiger partial charge in [-0.25, -0.2) is 0 Å². The van der Waals surface area contributed by atoms with Crippen molar-refractivity contribution in [3.63, 3.8) is 0 Å². The molecule has 1 atom stereocenters. The molecule has 20 heavy (non-hydrogen) atoms. The third-order valence-electron chi connectivity index (χ3n) is 3.20. The van der Waals surface area contributed by atoms with Crippen LogP contribution in [0.1, 0.15) is 18.0 Å². The predicted octanol–water partition coefficient (Wildman–Crippen LogP) is 3.70. The van der Waals surface area contributed by atoms with Crippen LogP contribution >= 0.6 is 48.0 Å². The average Bonchev–Trinajstić information content (AvgIpc) is 2.38. The number of hydrogen-bond donors (Lipinski definition) is 1. The summed E-state index contributed by atoms with van der Waals surface area (Å²) in [6.07, 6.45) is 0.446. The van der Waals surface area contributed by atoms with Gasteiger partial charge in [0.15, 0.2) is 0 Å². The first-order valence-corrected chi connectivity index (χ1v) is 6.74. The van der Waals surface area contributed by atoms with Crippen LogP contribution in [0.15, 0.2) is 18.2 Å². The molecule has 0 bridgehead atoms. The van der Waals surface area contributed by atoms with Gasteiger partial charge in [0.1, 0.15) is 0 Å². The molecule has 1 heterocycles. The first kappa shape index (κ1) is 19.8. The molecule has 1 fully saturated rings. The molecule has 0 unspecified atom stereocenters. The van der Waals surface area contributed by atoms with E-state index in [1.807, 2.05) is 12.1 Å². The van der Waals surface area contributed by atoms with E-state index in [1.165, 1.54) is 0 Å². The molecule has 1 aliphatic rings. The Bertz CT molecular complexity index is 455. The molecule has 7 heteroatoms. The van der Waals surface area contributed by atoms with Crippen LogP contribution in [0.25, 0.3) is 0 Å². The van der Waals surface area contributed by atoms with Crippen molar-refractivity contribution >= 4 is 48.0 Å². The van der Waals surface area contributed by atoms with Gasteiger partial charge in [-0.3, -0.25) is 4.90 Å². The molecule has 1 N–H and O–H groups in total. The van der Waals surface area contributed by atoms with E-state index in [-0.39, 0.29) is 30.9 Å². The molecule has 112 valence electrons. The quantitative estimate of drug-likeness (QED) is 0.897. The summed E-state index contributed by atoms with van der Waals surface area (Å²) in [7, 11) is 0. The van der Waals surface area contributed by atoms with Gasteiger partial charge in [-0.15, -0.1) is 24.8 Å². The Kier molecular flexibility index (Phi) is 9.58. The van der Waals surface area contributed by atoms with Crippen molar-refractivity contribution in [1.29, 1.82) is 5.26 Å². The summed E-state index contributed by atoms with van der Waals surface area (Å²) < 4.78 is 0. The molecule has 1 aromatic carbocycles. The molecule has 0 amide bonds. The van der Waals surface area contributed by atoms with Gasteiger partial charge in [0, 0.05) is 42.3 Å². The highest BCUT2D eigenvalue weighted by Crippen LogP contribution is 2.32. The highest BCUT2D eigenvalue weighted by Gasteiger charge is 2.23. The topological polar surface area (TPSA) is 39.1 Å². The lowest BCUT2D eigenvalue weighted by Crippen LogP contribution is -2.45. The lowest BCUT2D eigenvalue weighted by molar-refractivity contribution is 0.175. The second kappa shape index (κ2) is 9.68. The summed E-state index contributed by atoms with van der Waals surface area (Å²) in [5.74, 6) is 0. The van der Waals surface area contributed by atoms with E-state index in [4.69, 9.17) is 28.5 Å². The summed E-state index contributed by atoms with van der Waals surface area (Å²) in [4.78, 5) is 2.30. The van der Waals surface area contributed by atoms with Crippen molar-refractivity contribution in [2.75, 3.05) is 26.2 Å². The number of halogens is 4. The van der Waals surface area contributed by atoms with Gasteiger partial charge in [0.2, 0.25) is 0 Å². The number of nitrogens with zero attached hydrogens (tertiary/aromatic N) is 2. The molecule has 3 nitrogen and oxygen atoms in total. The monoisotopic (exact) mass is 355 g/mol. The largest absolute Gasteiger partial charge is 0.314 e. The summed E-state index contributed by atoms with van der Waals surface area (Å²) in [6.45, 7) is 3.77. The van der Waals surface area contributed by atoms with Crippen LogP contribution in [0.2, 0.25) is 10.0 Å². The van der Waals surface area contributed by atoms with Crippen molar-refractivity contribution in [1.82, 2.24) is 10.2 Å². The number of nitriles is 1. The Hall–Kier alpha value is -0.210. The van der Waals surface area contributed by atoms with E-state index in [0.29, 0.717) is 16.5 Å². The van der Waals surface area contributed by atoms with Crippen LogP contribution in [0, 0.1) is 11.3 Å². The van der Waals surface area contributed by atoms with Gasteiger partial charge in [-0.05, 0) is 17.7 Å². The van der Waals surface area contributed by atoms with Crippen LogP contribution in [-0.4, -0.2) is 31.1 Å². The molecule has 0 radical (unpaired) electrons. The summed E-state index contributed by atoms with van der Waals surface area (Å²) in [5, 5.41) is 13.6. The third-order valence-corrected chi connectivity index (χ3v) is 3.76. The van der Waals surface area contributed by atoms with E-state index in [9.17, 15) is 0 Å². The lowest BCUT2D eigenvalue weighted by atomic mass is 10.0. The number of rotatable bonds is 3. The maximum Gasteiger partial charge on any atom is 0.0641 e. The standard InChI is InChI=1S/C13H15Cl2N3.2ClH/c14-10-1-2-11(12(15)9-10)13(3-4-16)18-7-5-17-6-8-18;;/h1-2,9,13,17H,3,5-8H2;2*1H/t13-;;/m1../s1. The smallest absolute Gasteiger partial charge is 0.0641 e. The maximum absolute atomic E-state index is 9.01. The molecular weight excluding hydrogens is 340 g/mol. The fourth-order valence-corrected chi connectivity index (χ4v) is 2.82. The van der Waals surface area contributed by atoms with Crippen molar-refractivity contribution in [3.8, 4) is 6.07 Å². The van der Waals surface area contributed by atoms with Crippen LogP contribution in [0.3, 0.4) is 0 Å². The fourth-order valence-electron chi connectivity index (χ4n) is 2.29. The molecule has 1 saturated heterocycles. The van der Waals surface area contributed by atoms with Crippen LogP contribution in [0.4, 0.5) is 0 Å². The fraction of sp³-hybridized carbons (Fsp3) is 0.462. The highest BCUT2D eigenvalue weighted by atomic mass is 35.5. The number of nitrogens with one attached hydrogen (secondary N) is 1. The van der Waals surface area contributed by atoms with Gasteiger partial charge in [0.25, 0.3) is 0 Å². The molecule has 0 aliphatic carbocycles. The summed E-state index contributed by atoms with van der Waals surface area (Å²) in [5.41, 5.74) is 0.990. The average molecular weight is 357 g/mol. The van der Waals surface area contributed by atoms with Crippen molar-refractivity contribution in [3.05, 3.63) is 33.8 Å². The maximum atomic E-state index is 9.01.